The minimum Gasteiger partial charge on any atom is -0.380 e. The molecule has 1 fully saturated rings. The molecule has 0 saturated heterocycles. The van der Waals surface area contributed by atoms with E-state index >= 15 is 0 Å². The van der Waals surface area contributed by atoms with Gasteiger partial charge in [0.05, 0.1) is 30.2 Å². The number of anilines is 1. The first-order valence-corrected chi connectivity index (χ1v) is 7.42. The van der Waals surface area contributed by atoms with Crippen molar-refractivity contribution in [2.45, 2.75) is 38.3 Å². The molecule has 0 spiro atoms. The molecule has 0 aromatic carbocycles. The monoisotopic (exact) mass is 281 g/mol. The van der Waals surface area contributed by atoms with Crippen LogP contribution in [0.15, 0.2) is 36.8 Å². The molecule has 1 aliphatic rings. The van der Waals surface area contributed by atoms with E-state index < -0.39 is 0 Å². The van der Waals surface area contributed by atoms with Crippen LogP contribution in [0.1, 0.15) is 31.4 Å². The summed E-state index contributed by atoms with van der Waals surface area (Å²) in [6.07, 6.45) is 9.86. The maximum atomic E-state index is 9.04. The molecule has 21 heavy (non-hydrogen) atoms. The molecule has 0 amide bonds. The summed E-state index contributed by atoms with van der Waals surface area (Å²) in [5.74, 6) is 0.194. The lowest BCUT2D eigenvalue weighted by Crippen LogP contribution is -2.26. The second-order valence-corrected chi connectivity index (χ2v) is 5.58. The highest BCUT2D eigenvalue weighted by Crippen LogP contribution is 2.26. The minimum absolute atomic E-state index is 0.194. The third-order valence-electron chi connectivity index (χ3n) is 3.91. The lowest BCUT2D eigenvalue weighted by Gasteiger charge is -2.26. The molecule has 5 heteroatoms. The number of rotatable bonds is 4. The van der Waals surface area contributed by atoms with Crippen molar-refractivity contribution < 1.29 is 0 Å². The van der Waals surface area contributed by atoms with Gasteiger partial charge >= 0.3 is 0 Å². The molecule has 0 bridgehead atoms. The SMILES string of the molecule is N#CC1CCCC(Nc2cnn(Cc3ccccn3)c2)C1. The zero-order valence-corrected chi connectivity index (χ0v) is 11.9. The van der Waals surface area contributed by atoms with Crippen LogP contribution in [0.3, 0.4) is 0 Å². The highest BCUT2D eigenvalue weighted by atomic mass is 15.3. The molecule has 5 nitrogen and oxygen atoms in total. The van der Waals surface area contributed by atoms with E-state index in [1.807, 2.05) is 35.3 Å². The van der Waals surface area contributed by atoms with E-state index in [4.69, 9.17) is 5.26 Å². The molecule has 108 valence electrons. The molecule has 1 N–H and O–H groups in total. The summed E-state index contributed by atoms with van der Waals surface area (Å²) in [7, 11) is 0. The molecule has 1 saturated carbocycles. The molecule has 2 aromatic rings. The van der Waals surface area contributed by atoms with Gasteiger partial charge in [0.25, 0.3) is 0 Å². The number of nitrogens with one attached hydrogen (secondary N) is 1. The molecule has 2 atom stereocenters. The lowest BCUT2D eigenvalue weighted by molar-refractivity contribution is 0.395. The Morgan fingerprint density at radius 3 is 3.14 bits per heavy atom. The molecule has 2 heterocycles. The third kappa shape index (κ3) is 3.60. The fraction of sp³-hybridized carbons (Fsp3) is 0.438. The van der Waals surface area contributed by atoms with Gasteiger partial charge in [0, 0.05) is 24.4 Å². The lowest BCUT2D eigenvalue weighted by atomic mass is 9.86. The van der Waals surface area contributed by atoms with Crippen LogP contribution in [0, 0.1) is 17.2 Å². The van der Waals surface area contributed by atoms with Crippen LogP contribution in [0.5, 0.6) is 0 Å². The highest BCUT2D eigenvalue weighted by Gasteiger charge is 2.21. The average molecular weight is 281 g/mol. The number of nitriles is 1. The first-order valence-electron chi connectivity index (χ1n) is 7.42. The Labute approximate surface area is 124 Å². The Morgan fingerprint density at radius 2 is 2.33 bits per heavy atom. The Bertz CT molecular complexity index is 613. The van der Waals surface area contributed by atoms with Gasteiger partial charge in [-0.2, -0.15) is 10.4 Å². The average Bonchev–Trinajstić information content (AvgIpc) is 2.95. The summed E-state index contributed by atoms with van der Waals surface area (Å²) < 4.78 is 1.88. The van der Waals surface area contributed by atoms with Crippen molar-refractivity contribution in [3.8, 4) is 6.07 Å². The van der Waals surface area contributed by atoms with Gasteiger partial charge in [0.2, 0.25) is 0 Å². The van der Waals surface area contributed by atoms with Crippen LogP contribution in [0.25, 0.3) is 0 Å². The van der Waals surface area contributed by atoms with Crippen LogP contribution < -0.4 is 5.32 Å². The van der Waals surface area contributed by atoms with Crippen LogP contribution in [-0.4, -0.2) is 20.8 Å². The van der Waals surface area contributed by atoms with Gasteiger partial charge in [-0.05, 0) is 31.4 Å². The fourth-order valence-corrected chi connectivity index (χ4v) is 2.86. The summed E-state index contributed by atoms with van der Waals surface area (Å²) in [6.45, 7) is 0.675. The number of aromatic nitrogens is 3. The first kappa shape index (κ1) is 13.6. The van der Waals surface area contributed by atoms with Crippen LogP contribution >= 0.6 is 0 Å². The Hall–Kier alpha value is -2.35. The smallest absolute Gasteiger partial charge is 0.0832 e. The number of pyridine rings is 1. The Kier molecular flexibility index (Phi) is 4.15. The molecule has 2 unspecified atom stereocenters. The summed E-state index contributed by atoms with van der Waals surface area (Å²) in [5.41, 5.74) is 2.02. The zero-order valence-electron chi connectivity index (χ0n) is 11.9. The highest BCUT2D eigenvalue weighted by molar-refractivity contribution is 5.39. The number of hydrogen-bond acceptors (Lipinski definition) is 4. The van der Waals surface area contributed by atoms with Crippen molar-refractivity contribution in [1.82, 2.24) is 14.8 Å². The molecule has 0 aliphatic heterocycles. The van der Waals surface area contributed by atoms with E-state index in [-0.39, 0.29) is 5.92 Å². The van der Waals surface area contributed by atoms with E-state index in [9.17, 15) is 0 Å². The predicted molar refractivity (Wildman–Crippen MR) is 80.5 cm³/mol. The van der Waals surface area contributed by atoms with Gasteiger partial charge in [0.15, 0.2) is 0 Å². The van der Waals surface area contributed by atoms with Gasteiger partial charge in [-0.15, -0.1) is 0 Å². The third-order valence-corrected chi connectivity index (χ3v) is 3.91. The second kappa shape index (κ2) is 6.40. The first-order chi connectivity index (χ1) is 10.3. The van der Waals surface area contributed by atoms with Crippen LogP contribution in [-0.2, 0) is 6.54 Å². The number of nitrogens with zero attached hydrogens (tertiary/aromatic N) is 4. The van der Waals surface area contributed by atoms with E-state index in [1.165, 1.54) is 0 Å². The molecular formula is C16H19N5. The van der Waals surface area contributed by atoms with Gasteiger partial charge in [-0.3, -0.25) is 9.67 Å². The topological polar surface area (TPSA) is 66.5 Å². The normalized spacial score (nSPS) is 21.7. The van der Waals surface area contributed by atoms with Crippen molar-refractivity contribution in [2.24, 2.45) is 5.92 Å². The van der Waals surface area contributed by atoms with Crippen molar-refractivity contribution in [3.05, 3.63) is 42.5 Å². The van der Waals surface area contributed by atoms with Gasteiger partial charge in [-0.25, -0.2) is 0 Å². The van der Waals surface area contributed by atoms with E-state index in [2.05, 4.69) is 21.5 Å². The minimum atomic E-state index is 0.194. The van der Waals surface area contributed by atoms with Crippen molar-refractivity contribution in [1.29, 1.82) is 5.26 Å². The summed E-state index contributed by atoms with van der Waals surface area (Å²) in [6, 6.07) is 8.66. The van der Waals surface area contributed by atoms with E-state index in [0.717, 1.165) is 37.1 Å². The summed E-state index contributed by atoms with van der Waals surface area (Å²) in [4.78, 5) is 4.30. The standard InChI is InChI=1S/C16H19N5/c17-9-13-4-3-6-14(8-13)20-16-10-19-21(12-16)11-15-5-1-2-7-18-15/h1-2,5,7,10,12-14,20H,3-4,6,8,11H2. The molecule has 2 aromatic heterocycles. The van der Waals surface area contributed by atoms with E-state index in [1.54, 1.807) is 6.20 Å². The summed E-state index contributed by atoms with van der Waals surface area (Å²) >= 11 is 0. The quantitative estimate of drug-likeness (QED) is 0.935. The molecule has 0 radical (unpaired) electrons. The van der Waals surface area contributed by atoms with E-state index in [0.29, 0.717) is 12.6 Å². The molecular weight excluding hydrogens is 262 g/mol. The van der Waals surface area contributed by atoms with Crippen molar-refractivity contribution in [2.75, 3.05) is 5.32 Å². The largest absolute Gasteiger partial charge is 0.380 e. The second-order valence-electron chi connectivity index (χ2n) is 5.58. The summed E-state index contributed by atoms with van der Waals surface area (Å²) in [5, 5.41) is 16.9. The molecule has 1 aliphatic carbocycles. The van der Waals surface area contributed by atoms with Gasteiger partial charge < -0.3 is 5.32 Å². The van der Waals surface area contributed by atoms with Crippen LogP contribution in [0.2, 0.25) is 0 Å². The Morgan fingerprint density at radius 1 is 1.38 bits per heavy atom. The van der Waals surface area contributed by atoms with Gasteiger partial charge in [0.1, 0.15) is 0 Å². The molecule has 3 rings (SSSR count). The zero-order chi connectivity index (χ0) is 14.5. The number of hydrogen-bond donors (Lipinski definition) is 1. The fourth-order valence-electron chi connectivity index (χ4n) is 2.86. The van der Waals surface area contributed by atoms with Crippen LogP contribution in [0.4, 0.5) is 5.69 Å². The predicted octanol–water partition coefficient (Wildman–Crippen LogP) is 2.82. The van der Waals surface area contributed by atoms with Crippen molar-refractivity contribution >= 4 is 5.69 Å². The van der Waals surface area contributed by atoms with Crippen molar-refractivity contribution in [3.63, 3.8) is 0 Å². The Balaban J connectivity index is 1.59. The van der Waals surface area contributed by atoms with Gasteiger partial charge in [-0.1, -0.05) is 12.5 Å². The maximum absolute atomic E-state index is 9.04. The maximum Gasteiger partial charge on any atom is 0.0832 e.